The van der Waals surface area contributed by atoms with Gasteiger partial charge in [-0.1, -0.05) is 0 Å². The van der Waals surface area contributed by atoms with Gasteiger partial charge in [-0.15, -0.1) is 21.5 Å². The first kappa shape index (κ1) is 16.8. The largest absolute Gasteiger partial charge is 0.467 e. The molecule has 1 fully saturated rings. The smallest absolute Gasteiger partial charge is 0.228 e. The fourth-order valence-corrected chi connectivity index (χ4v) is 5.11. The maximum Gasteiger partial charge on any atom is 0.228 e. The molecule has 27 heavy (non-hydrogen) atoms. The number of aromatic nitrogens is 5. The van der Waals surface area contributed by atoms with Crippen molar-refractivity contribution in [1.29, 1.82) is 0 Å². The normalized spacial score (nSPS) is 14.5. The molecule has 0 aromatic carbocycles. The Morgan fingerprint density at radius 1 is 1.22 bits per heavy atom. The summed E-state index contributed by atoms with van der Waals surface area (Å²) < 4.78 is 7.70. The fraction of sp³-hybridized carbons (Fsp3) is 0.333. The second kappa shape index (κ2) is 6.97. The van der Waals surface area contributed by atoms with Crippen molar-refractivity contribution in [3.8, 4) is 0 Å². The van der Waals surface area contributed by atoms with Gasteiger partial charge in [0.15, 0.2) is 5.16 Å². The van der Waals surface area contributed by atoms with Gasteiger partial charge in [0, 0.05) is 23.4 Å². The highest BCUT2D eigenvalue weighted by molar-refractivity contribution is 7.99. The average molecular weight is 399 g/mol. The van der Waals surface area contributed by atoms with E-state index in [2.05, 4.69) is 42.6 Å². The van der Waals surface area contributed by atoms with Crippen molar-refractivity contribution in [3.05, 3.63) is 41.4 Å². The third kappa shape index (κ3) is 3.21. The predicted molar refractivity (Wildman–Crippen MR) is 106 cm³/mol. The van der Waals surface area contributed by atoms with Gasteiger partial charge in [0.2, 0.25) is 5.95 Å². The van der Waals surface area contributed by atoms with Crippen molar-refractivity contribution in [3.63, 3.8) is 0 Å². The number of hydrogen-bond donors (Lipinski definition) is 0. The molecule has 0 bridgehead atoms. The summed E-state index contributed by atoms with van der Waals surface area (Å²) in [6.07, 6.45) is 5.70. The molecule has 9 heteroatoms. The first-order valence-corrected chi connectivity index (χ1v) is 10.5. The van der Waals surface area contributed by atoms with Crippen LogP contribution >= 0.6 is 23.1 Å². The highest BCUT2D eigenvalue weighted by Gasteiger charge is 2.23. The van der Waals surface area contributed by atoms with Crippen LogP contribution in [0, 0.1) is 6.92 Å². The molecule has 4 aromatic rings. The van der Waals surface area contributed by atoms with E-state index in [0.717, 1.165) is 45.2 Å². The summed E-state index contributed by atoms with van der Waals surface area (Å²) in [7, 11) is 0. The molecule has 0 N–H and O–H groups in total. The molecule has 0 radical (unpaired) electrons. The molecular weight excluding hydrogens is 380 g/mol. The van der Waals surface area contributed by atoms with E-state index in [-0.39, 0.29) is 0 Å². The van der Waals surface area contributed by atoms with Crippen LogP contribution in [0.4, 0.5) is 5.95 Å². The number of anilines is 1. The minimum atomic E-state index is 0.602. The molecule has 1 aliphatic heterocycles. The second-order valence-corrected chi connectivity index (χ2v) is 8.69. The van der Waals surface area contributed by atoms with Crippen molar-refractivity contribution in [2.75, 3.05) is 18.0 Å². The maximum atomic E-state index is 5.58. The molecule has 0 atom stereocenters. The topological polar surface area (TPSA) is 72.9 Å². The summed E-state index contributed by atoms with van der Waals surface area (Å²) in [5.74, 6) is 1.79. The summed E-state index contributed by atoms with van der Waals surface area (Å²) in [4.78, 5) is 13.4. The molecule has 0 saturated carbocycles. The van der Waals surface area contributed by atoms with E-state index >= 15 is 0 Å². The van der Waals surface area contributed by atoms with Gasteiger partial charge in [-0.25, -0.2) is 9.97 Å². The number of fused-ring (bicyclic) bond motifs is 1. The molecule has 0 amide bonds. The van der Waals surface area contributed by atoms with Gasteiger partial charge in [0.1, 0.15) is 21.9 Å². The van der Waals surface area contributed by atoms with Crippen molar-refractivity contribution in [2.45, 2.75) is 36.5 Å². The number of thiophene rings is 1. The van der Waals surface area contributed by atoms with Gasteiger partial charge in [-0.3, -0.25) is 4.57 Å². The highest BCUT2D eigenvalue weighted by atomic mass is 32.2. The summed E-state index contributed by atoms with van der Waals surface area (Å²) in [6, 6.07) is 6.02. The van der Waals surface area contributed by atoms with Crippen LogP contribution in [0.2, 0.25) is 0 Å². The van der Waals surface area contributed by atoms with E-state index in [0.29, 0.717) is 6.54 Å². The number of furan rings is 1. The van der Waals surface area contributed by atoms with E-state index in [1.165, 1.54) is 29.5 Å². The molecule has 4 aromatic heterocycles. The zero-order chi connectivity index (χ0) is 18.2. The summed E-state index contributed by atoms with van der Waals surface area (Å²) >= 11 is 3.22. The Hall–Kier alpha value is -2.39. The van der Waals surface area contributed by atoms with E-state index in [9.17, 15) is 0 Å². The molecule has 5 rings (SSSR count). The lowest BCUT2D eigenvalue weighted by Crippen LogP contribution is -2.22. The van der Waals surface area contributed by atoms with E-state index < -0.39 is 0 Å². The van der Waals surface area contributed by atoms with Crippen LogP contribution in [0.5, 0.6) is 0 Å². The third-order valence-corrected chi connectivity index (χ3v) is 6.55. The lowest BCUT2D eigenvalue weighted by Gasteiger charge is -2.17. The number of hydrogen-bond acceptors (Lipinski definition) is 8. The molecule has 0 spiro atoms. The molecular formula is C18H18N6OS2. The Labute approximate surface area is 164 Å². The lowest BCUT2D eigenvalue weighted by molar-refractivity contribution is 0.483. The van der Waals surface area contributed by atoms with Crippen molar-refractivity contribution < 1.29 is 4.42 Å². The average Bonchev–Trinajstić information content (AvgIpc) is 3.43. The first-order chi connectivity index (χ1) is 13.3. The second-order valence-electron chi connectivity index (χ2n) is 6.50. The van der Waals surface area contributed by atoms with Crippen LogP contribution in [0.3, 0.4) is 0 Å². The zero-order valence-electron chi connectivity index (χ0n) is 14.8. The monoisotopic (exact) mass is 398 g/mol. The molecule has 1 saturated heterocycles. The van der Waals surface area contributed by atoms with Crippen LogP contribution in [-0.4, -0.2) is 37.8 Å². The minimum absolute atomic E-state index is 0.602. The first-order valence-electron chi connectivity index (χ1n) is 8.87. The summed E-state index contributed by atoms with van der Waals surface area (Å²) in [6.45, 7) is 4.72. The van der Waals surface area contributed by atoms with Gasteiger partial charge < -0.3 is 9.32 Å². The van der Waals surface area contributed by atoms with E-state index in [1.54, 1.807) is 23.9 Å². The third-order valence-electron chi connectivity index (χ3n) is 4.58. The van der Waals surface area contributed by atoms with Gasteiger partial charge >= 0.3 is 0 Å². The Bertz CT molecular complexity index is 1070. The molecule has 1 aliphatic rings. The lowest BCUT2D eigenvalue weighted by atomic mass is 10.4. The molecule has 5 heterocycles. The Balaban J connectivity index is 1.54. The Morgan fingerprint density at radius 3 is 2.93 bits per heavy atom. The van der Waals surface area contributed by atoms with Crippen LogP contribution in [-0.2, 0) is 6.54 Å². The maximum absolute atomic E-state index is 5.58. The van der Waals surface area contributed by atoms with Crippen LogP contribution in [0.25, 0.3) is 10.2 Å². The molecule has 7 nitrogen and oxygen atoms in total. The fourth-order valence-electron chi connectivity index (χ4n) is 3.33. The summed E-state index contributed by atoms with van der Waals surface area (Å²) in [5, 5.41) is 11.8. The van der Waals surface area contributed by atoms with Crippen LogP contribution in [0.15, 0.2) is 45.4 Å². The van der Waals surface area contributed by atoms with E-state index in [1.807, 2.05) is 12.1 Å². The van der Waals surface area contributed by atoms with Gasteiger partial charge in [0.05, 0.1) is 12.8 Å². The van der Waals surface area contributed by atoms with Crippen LogP contribution < -0.4 is 4.90 Å². The van der Waals surface area contributed by atoms with Crippen LogP contribution in [0.1, 0.15) is 23.5 Å². The SMILES string of the molecule is Cc1cc2c(Sc3nnc(N4CCCC4)n3Cc3ccco3)ncnc2s1. The number of rotatable bonds is 5. The van der Waals surface area contributed by atoms with Gasteiger partial charge in [-0.05, 0) is 49.7 Å². The summed E-state index contributed by atoms with van der Waals surface area (Å²) in [5.41, 5.74) is 0. The van der Waals surface area contributed by atoms with Crippen molar-refractivity contribution in [1.82, 2.24) is 24.7 Å². The Kier molecular flexibility index (Phi) is 4.33. The molecule has 0 aliphatic carbocycles. The molecule has 0 unspecified atom stereocenters. The van der Waals surface area contributed by atoms with Gasteiger partial charge in [-0.2, -0.15) is 0 Å². The number of aryl methyl sites for hydroxylation is 1. The number of nitrogens with zero attached hydrogens (tertiary/aromatic N) is 6. The Morgan fingerprint density at radius 2 is 2.11 bits per heavy atom. The molecule has 138 valence electrons. The van der Waals surface area contributed by atoms with Crippen molar-refractivity contribution in [2.24, 2.45) is 0 Å². The zero-order valence-corrected chi connectivity index (χ0v) is 16.5. The minimum Gasteiger partial charge on any atom is -0.467 e. The van der Waals surface area contributed by atoms with E-state index in [4.69, 9.17) is 4.42 Å². The standard InChI is InChI=1S/C18H18N6OS2/c1-12-9-14-15(26-12)19-11-20-16(14)27-18-22-21-17(23-6-2-3-7-23)24(18)10-13-5-4-8-25-13/h4-5,8-9,11H,2-3,6-7,10H2,1H3. The highest BCUT2D eigenvalue weighted by Crippen LogP contribution is 2.35. The van der Waals surface area contributed by atoms with Gasteiger partial charge in [0.25, 0.3) is 0 Å². The van der Waals surface area contributed by atoms with Crippen molar-refractivity contribution >= 4 is 39.3 Å². The quantitative estimate of drug-likeness (QED) is 0.471. The predicted octanol–water partition coefficient (Wildman–Crippen LogP) is 3.98.